The van der Waals surface area contributed by atoms with Gasteiger partial charge in [0.05, 0.1) is 0 Å². The minimum atomic E-state index is -0.568. The van der Waals surface area contributed by atoms with Crippen LogP contribution >= 0.6 is 22.6 Å². The number of amides is 2. The van der Waals surface area contributed by atoms with Gasteiger partial charge in [-0.25, -0.2) is 4.79 Å². The number of nitrogens with one attached hydrogen (secondary N) is 1. The second-order valence-corrected chi connectivity index (χ2v) is 6.27. The molecule has 4 nitrogen and oxygen atoms in total. The van der Waals surface area contributed by atoms with Gasteiger partial charge in [0.25, 0.3) is 0 Å². The van der Waals surface area contributed by atoms with Crippen molar-refractivity contribution in [2.75, 3.05) is 23.0 Å². The van der Waals surface area contributed by atoms with Crippen molar-refractivity contribution in [3.63, 3.8) is 0 Å². The van der Waals surface area contributed by atoms with E-state index in [1.165, 1.54) is 23.7 Å². The smallest absolute Gasteiger partial charge is 0.316 e. The molecule has 0 aliphatic rings. The van der Waals surface area contributed by atoms with Crippen molar-refractivity contribution in [1.82, 2.24) is 0 Å². The quantitative estimate of drug-likeness (QED) is 0.252. The molecule has 0 aliphatic carbocycles. The summed E-state index contributed by atoms with van der Waals surface area (Å²) in [6, 6.07) is 6.78. The number of hydrogen-bond acceptors (Lipinski definition) is 2. The topological polar surface area (TPSA) is 64.4 Å². The maximum Gasteiger partial charge on any atom is 0.316 e. The van der Waals surface area contributed by atoms with Crippen LogP contribution < -0.4 is 11.1 Å². The molecule has 0 bridgehead atoms. The Hall–Kier alpha value is -1.26. The first-order valence-corrected chi connectivity index (χ1v) is 9.54. The van der Waals surface area contributed by atoms with Crippen molar-refractivity contribution in [3.8, 4) is 11.8 Å². The molecule has 0 fully saturated rings. The molecule has 1 aromatic rings. The van der Waals surface area contributed by atoms with Gasteiger partial charge in [0, 0.05) is 30.9 Å². The molecule has 5 heteroatoms. The minimum Gasteiger partial charge on any atom is -0.381 e. The lowest BCUT2D eigenvalue weighted by Gasteiger charge is -2.02. The number of anilines is 1. The number of halogens is 1. The van der Waals surface area contributed by atoms with Crippen LogP contribution in [-0.2, 0) is 4.74 Å². The molecule has 0 heterocycles. The summed E-state index contributed by atoms with van der Waals surface area (Å²) in [5.74, 6) is 6.21. The minimum absolute atomic E-state index is 0.568. The zero-order chi connectivity index (χ0) is 16.8. The second-order valence-electron chi connectivity index (χ2n) is 5.19. The third-order valence-electron chi connectivity index (χ3n) is 3.13. The molecule has 0 radical (unpaired) electrons. The predicted octanol–water partition coefficient (Wildman–Crippen LogP) is 4.32. The van der Waals surface area contributed by atoms with Crippen molar-refractivity contribution in [3.05, 3.63) is 29.8 Å². The monoisotopic (exact) mass is 428 g/mol. The van der Waals surface area contributed by atoms with Gasteiger partial charge in [-0.05, 0) is 41.9 Å². The molecule has 0 aromatic heterocycles. The van der Waals surface area contributed by atoms with E-state index < -0.39 is 6.03 Å². The Morgan fingerprint density at radius 2 is 1.96 bits per heavy atom. The van der Waals surface area contributed by atoms with Gasteiger partial charge in [-0.2, -0.15) is 0 Å². The molecule has 126 valence electrons. The van der Waals surface area contributed by atoms with Crippen LogP contribution in [0.15, 0.2) is 24.3 Å². The Bertz CT molecular complexity index is 523. The Balaban J connectivity index is 2.12. The maximum absolute atomic E-state index is 10.8. The van der Waals surface area contributed by atoms with Gasteiger partial charge in [-0.1, -0.05) is 53.3 Å². The molecule has 0 unspecified atom stereocenters. The summed E-state index contributed by atoms with van der Waals surface area (Å²) in [4.78, 5) is 10.8. The van der Waals surface area contributed by atoms with Crippen LogP contribution in [0.25, 0.3) is 0 Å². The van der Waals surface area contributed by atoms with Gasteiger partial charge in [0.15, 0.2) is 0 Å². The fraction of sp³-hybridized carbons (Fsp3) is 0.500. The lowest BCUT2D eigenvalue weighted by Crippen LogP contribution is -2.19. The number of urea groups is 1. The van der Waals surface area contributed by atoms with Gasteiger partial charge in [-0.15, -0.1) is 0 Å². The normalized spacial score (nSPS) is 9.96. The first-order chi connectivity index (χ1) is 11.2. The number of ether oxygens (including phenoxy) is 1. The molecule has 0 aliphatic heterocycles. The molecular formula is C18H25IN2O2. The number of benzene rings is 1. The molecule has 23 heavy (non-hydrogen) atoms. The van der Waals surface area contributed by atoms with E-state index in [1.807, 2.05) is 18.2 Å². The highest BCUT2D eigenvalue weighted by Gasteiger charge is 1.96. The highest BCUT2D eigenvalue weighted by Crippen LogP contribution is 2.09. The summed E-state index contributed by atoms with van der Waals surface area (Å²) in [6.07, 6.45) is 6.79. The summed E-state index contributed by atoms with van der Waals surface area (Å²) in [7, 11) is 0. The standard InChI is InChI=1S/C18H25IN2O2/c19-12-5-1-2-6-13-23-14-7-3-4-9-16-10-8-11-17(15-16)21-18(20)22/h8,10-11,15H,1-3,5-7,12-14H2,(H3,20,21,22). The summed E-state index contributed by atoms with van der Waals surface area (Å²) in [6.45, 7) is 1.62. The Morgan fingerprint density at radius 1 is 1.17 bits per heavy atom. The first kappa shape index (κ1) is 19.8. The fourth-order valence-electron chi connectivity index (χ4n) is 2.00. The van der Waals surface area contributed by atoms with Crippen molar-refractivity contribution in [2.24, 2.45) is 5.73 Å². The van der Waals surface area contributed by atoms with E-state index in [-0.39, 0.29) is 0 Å². The number of carbonyl (C=O) groups excluding carboxylic acids is 1. The first-order valence-electron chi connectivity index (χ1n) is 8.01. The average Bonchev–Trinajstić information content (AvgIpc) is 2.52. The maximum atomic E-state index is 10.8. The van der Waals surface area contributed by atoms with Crippen LogP contribution in [0.2, 0.25) is 0 Å². The number of alkyl halides is 1. The third-order valence-corrected chi connectivity index (χ3v) is 3.89. The highest BCUT2D eigenvalue weighted by atomic mass is 127. The molecule has 0 spiro atoms. The third kappa shape index (κ3) is 11.0. The lowest BCUT2D eigenvalue weighted by atomic mass is 10.2. The van der Waals surface area contributed by atoms with Crippen molar-refractivity contribution in [1.29, 1.82) is 0 Å². The van der Waals surface area contributed by atoms with Gasteiger partial charge < -0.3 is 15.8 Å². The summed E-state index contributed by atoms with van der Waals surface area (Å²) in [5, 5.41) is 2.54. The molecule has 1 rings (SSSR count). The van der Waals surface area contributed by atoms with E-state index in [0.29, 0.717) is 5.69 Å². The second kappa shape index (κ2) is 13.2. The number of carbonyl (C=O) groups is 1. The van der Waals surface area contributed by atoms with E-state index in [1.54, 1.807) is 6.07 Å². The van der Waals surface area contributed by atoms with E-state index in [0.717, 1.165) is 38.0 Å². The molecular weight excluding hydrogens is 403 g/mol. The highest BCUT2D eigenvalue weighted by molar-refractivity contribution is 14.1. The largest absolute Gasteiger partial charge is 0.381 e. The van der Waals surface area contributed by atoms with Gasteiger partial charge in [-0.3, -0.25) is 0 Å². The van der Waals surface area contributed by atoms with Crippen molar-refractivity contribution >= 4 is 34.3 Å². The Labute approximate surface area is 152 Å². The zero-order valence-corrected chi connectivity index (χ0v) is 15.6. The SMILES string of the molecule is NC(=O)Nc1cccc(C#CCCCOCCCCCCI)c1. The van der Waals surface area contributed by atoms with Crippen LogP contribution in [0.4, 0.5) is 10.5 Å². The van der Waals surface area contributed by atoms with Crippen molar-refractivity contribution < 1.29 is 9.53 Å². The van der Waals surface area contributed by atoms with E-state index in [2.05, 4.69) is 39.7 Å². The summed E-state index contributed by atoms with van der Waals surface area (Å²) in [5.41, 5.74) is 6.62. The molecule has 0 atom stereocenters. The number of primary amides is 1. The van der Waals surface area contributed by atoms with Crippen molar-refractivity contribution in [2.45, 2.75) is 38.5 Å². The van der Waals surface area contributed by atoms with Crippen LogP contribution in [0, 0.1) is 11.8 Å². The Kier molecular flexibility index (Phi) is 11.4. The summed E-state index contributed by atoms with van der Waals surface area (Å²) >= 11 is 2.42. The van der Waals surface area contributed by atoms with E-state index >= 15 is 0 Å². The molecule has 0 saturated heterocycles. The number of rotatable bonds is 10. The van der Waals surface area contributed by atoms with Gasteiger partial charge in [0.2, 0.25) is 0 Å². The average molecular weight is 428 g/mol. The number of hydrogen-bond donors (Lipinski definition) is 2. The van der Waals surface area contributed by atoms with Crippen LogP contribution in [-0.4, -0.2) is 23.7 Å². The van der Waals surface area contributed by atoms with Crippen LogP contribution in [0.5, 0.6) is 0 Å². The van der Waals surface area contributed by atoms with Gasteiger partial charge in [0.1, 0.15) is 0 Å². The number of unbranched alkanes of at least 4 members (excludes halogenated alkanes) is 4. The molecule has 1 aromatic carbocycles. The zero-order valence-electron chi connectivity index (χ0n) is 13.4. The molecule has 2 amide bonds. The lowest BCUT2D eigenvalue weighted by molar-refractivity contribution is 0.128. The molecule has 0 saturated carbocycles. The molecule has 3 N–H and O–H groups in total. The van der Waals surface area contributed by atoms with E-state index in [4.69, 9.17) is 10.5 Å². The van der Waals surface area contributed by atoms with E-state index in [9.17, 15) is 4.79 Å². The predicted molar refractivity (Wildman–Crippen MR) is 104 cm³/mol. The Morgan fingerprint density at radius 3 is 2.74 bits per heavy atom. The summed E-state index contributed by atoms with van der Waals surface area (Å²) < 4.78 is 6.85. The fourth-order valence-corrected chi connectivity index (χ4v) is 2.54. The van der Waals surface area contributed by atoms with Crippen LogP contribution in [0.3, 0.4) is 0 Å². The van der Waals surface area contributed by atoms with Gasteiger partial charge >= 0.3 is 6.03 Å². The number of nitrogens with two attached hydrogens (primary N) is 1. The van der Waals surface area contributed by atoms with Crippen LogP contribution in [0.1, 0.15) is 44.1 Å².